The maximum absolute atomic E-state index is 13.0. The Bertz CT molecular complexity index is 1180. The van der Waals surface area contributed by atoms with Crippen LogP contribution in [0.4, 0.5) is 5.69 Å². The van der Waals surface area contributed by atoms with E-state index < -0.39 is 0 Å². The van der Waals surface area contributed by atoms with Gasteiger partial charge in [0.2, 0.25) is 5.91 Å². The van der Waals surface area contributed by atoms with Crippen molar-refractivity contribution in [1.82, 2.24) is 20.1 Å². The predicted octanol–water partition coefficient (Wildman–Crippen LogP) is 6.16. The Balaban J connectivity index is 1.74. The predicted molar refractivity (Wildman–Crippen MR) is 142 cm³/mol. The Morgan fingerprint density at radius 3 is 2.43 bits per heavy atom. The first-order chi connectivity index (χ1) is 16.7. The van der Waals surface area contributed by atoms with E-state index in [1.165, 1.54) is 11.8 Å². The van der Waals surface area contributed by atoms with Crippen molar-refractivity contribution in [3.8, 4) is 0 Å². The summed E-state index contributed by atoms with van der Waals surface area (Å²) in [5.41, 5.74) is 2.22. The largest absolute Gasteiger partial charge is 0.342 e. The Labute approximate surface area is 220 Å². The quantitative estimate of drug-likeness (QED) is 0.304. The molecule has 2 amide bonds. The van der Waals surface area contributed by atoms with E-state index in [1.807, 2.05) is 42.7 Å². The topological polar surface area (TPSA) is 88.9 Å². The SMILES string of the molecule is CCn1c(SCC(=O)Nc2ccc(C)cc2)nnc1[C@@H](CC(C)C)NC(=O)c1ccc(Cl)cc1Cl. The summed E-state index contributed by atoms with van der Waals surface area (Å²) in [4.78, 5) is 25.5. The van der Waals surface area contributed by atoms with Gasteiger partial charge in [0.15, 0.2) is 11.0 Å². The highest BCUT2D eigenvalue weighted by Crippen LogP contribution is 2.27. The summed E-state index contributed by atoms with van der Waals surface area (Å²) >= 11 is 13.5. The van der Waals surface area contributed by atoms with Crippen molar-refractivity contribution < 1.29 is 9.59 Å². The lowest BCUT2D eigenvalue weighted by molar-refractivity contribution is -0.113. The summed E-state index contributed by atoms with van der Waals surface area (Å²) in [6, 6.07) is 12.0. The number of hydrogen-bond donors (Lipinski definition) is 2. The number of rotatable bonds is 10. The van der Waals surface area contributed by atoms with E-state index in [4.69, 9.17) is 23.2 Å². The van der Waals surface area contributed by atoms with Crippen LogP contribution >= 0.6 is 35.0 Å². The first kappa shape index (κ1) is 27.0. The Morgan fingerprint density at radius 1 is 1.09 bits per heavy atom. The molecule has 10 heteroatoms. The second-order valence-corrected chi connectivity index (χ2v) is 10.4. The molecule has 0 saturated heterocycles. The fraction of sp³-hybridized carbons (Fsp3) is 0.360. The van der Waals surface area contributed by atoms with Crippen LogP contribution in [0.25, 0.3) is 0 Å². The second kappa shape index (κ2) is 12.4. The van der Waals surface area contributed by atoms with Crippen LogP contribution in [-0.4, -0.2) is 32.3 Å². The fourth-order valence-corrected chi connectivity index (χ4v) is 4.84. The molecule has 3 aromatic rings. The molecule has 7 nitrogen and oxygen atoms in total. The van der Waals surface area contributed by atoms with Crippen molar-refractivity contribution >= 4 is 52.5 Å². The van der Waals surface area contributed by atoms with E-state index in [0.717, 1.165) is 11.3 Å². The first-order valence-corrected chi connectivity index (χ1v) is 13.1. The molecule has 1 heterocycles. The summed E-state index contributed by atoms with van der Waals surface area (Å²) in [6.07, 6.45) is 0.660. The van der Waals surface area contributed by atoms with Crippen LogP contribution in [0.3, 0.4) is 0 Å². The van der Waals surface area contributed by atoms with E-state index in [1.54, 1.807) is 18.2 Å². The molecule has 3 rings (SSSR count). The number of carbonyl (C=O) groups excluding carboxylic acids is 2. The zero-order valence-corrected chi connectivity index (χ0v) is 22.5. The van der Waals surface area contributed by atoms with Gasteiger partial charge in [-0.3, -0.25) is 9.59 Å². The highest BCUT2D eigenvalue weighted by Gasteiger charge is 2.25. The minimum absolute atomic E-state index is 0.129. The van der Waals surface area contributed by atoms with Crippen LogP contribution in [-0.2, 0) is 11.3 Å². The van der Waals surface area contributed by atoms with Crippen molar-refractivity contribution in [2.24, 2.45) is 5.92 Å². The average Bonchev–Trinajstić information content (AvgIpc) is 3.21. The third-order valence-electron chi connectivity index (χ3n) is 5.23. The fourth-order valence-electron chi connectivity index (χ4n) is 3.54. The molecular weight excluding hydrogens is 505 g/mol. The molecule has 0 saturated carbocycles. The Hall–Kier alpha value is -2.55. The number of hydrogen-bond acceptors (Lipinski definition) is 5. The van der Waals surface area contributed by atoms with Gasteiger partial charge in [-0.05, 0) is 56.5 Å². The van der Waals surface area contributed by atoms with Crippen LogP contribution in [0.5, 0.6) is 0 Å². The third-order valence-corrected chi connectivity index (χ3v) is 6.74. The third kappa shape index (κ3) is 7.46. The lowest BCUT2D eigenvalue weighted by Gasteiger charge is -2.21. The van der Waals surface area contributed by atoms with Crippen molar-refractivity contribution in [1.29, 1.82) is 0 Å². The molecule has 0 aliphatic heterocycles. The number of carbonyl (C=O) groups is 2. The number of aromatic nitrogens is 3. The molecule has 0 radical (unpaired) electrons. The van der Waals surface area contributed by atoms with Crippen LogP contribution in [0.2, 0.25) is 10.0 Å². The normalized spacial score (nSPS) is 12.0. The van der Waals surface area contributed by atoms with Crippen molar-refractivity contribution in [2.75, 3.05) is 11.1 Å². The lowest BCUT2D eigenvalue weighted by Crippen LogP contribution is -2.31. The number of thioether (sulfide) groups is 1. The minimum Gasteiger partial charge on any atom is -0.342 e. The second-order valence-electron chi connectivity index (χ2n) is 8.57. The van der Waals surface area contributed by atoms with Gasteiger partial charge in [0.25, 0.3) is 5.91 Å². The van der Waals surface area contributed by atoms with E-state index in [0.29, 0.717) is 40.5 Å². The molecule has 2 N–H and O–H groups in total. The van der Waals surface area contributed by atoms with Crippen LogP contribution in [0, 0.1) is 12.8 Å². The molecule has 2 aromatic carbocycles. The number of nitrogens with zero attached hydrogens (tertiary/aromatic N) is 3. The number of anilines is 1. The van der Waals surface area contributed by atoms with Gasteiger partial charge in [-0.1, -0.05) is 66.5 Å². The number of nitrogens with one attached hydrogen (secondary N) is 2. The molecule has 0 bridgehead atoms. The van der Waals surface area contributed by atoms with Gasteiger partial charge >= 0.3 is 0 Å². The van der Waals surface area contributed by atoms with Crippen molar-refractivity contribution in [3.05, 3.63) is 69.5 Å². The summed E-state index contributed by atoms with van der Waals surface area (Å²) in [5.74, 6) is 0.679. The Morgan fingerprint density at radius 2 is 1.80 bits per heavy atom. The molecule has 35 heavy (non-hydrogen) atoms. The van der Waals surface area contributed by atoms with Gasteiger partial charge in [0.1, 0.15) is 0 Å². The van der Waals surface area contributed by atoms with Gasteiger partial charge < -0.3 is 15.2 Å². The highest BCUT2D eigenvalue weighted by molar-refractivity contribution is 7.99. The summed E-state index contributed by atoms with van der Waals surface area (Å²) in [6.45, 7) is 8.72. The summed E-state index contributed by atoms with van der Waals surface area (Å²) < 4.78 is 1.93. The van der Waals surface area contributed by atoms with Crippen molar-refractivity contribution in [2.45, 2.75) is 51.9 Å². The van der Waals surface area contributed by atoms with Gasteiger partial charge in [-0.25, -0.2) is 0 Å². The van der Waals surface area contributed by atoms with Crippen molar-refractivity contribution in [3.63, 3.8) is 0 Å². The van der Waals surface area contributed by atoms with Crippen LogP contribution in [0.1, 0.15) is 55.0 Å². The zero-order valence-electron chi connectivity index (χ0n) is 20.1. The van der Waals surface area contributed by atoms with E-state index in [2.05, 4.69) is 34.7 Å². The minimum atomic E-state index is -0.377. The zero-order chi connectivity index (χ0) is 25.5. The van der Waals surface area contributed by atoms with E-state index in [-0.39, 0.29) is 28.6 Å². The molecule has 0 fully saturated rings. The maximum atomic E-state index is 13.0. The van der Waals surface area contributed by atoms with Crippen LogP contribution < -0.4 is 10.6 Å². The van der Waals surface area contributed by atoms with Gasteiger partial charge in [0.05, 0.1) is 22.4 Å². The highest BCUT2D eigenvalue weighted by atomic mass is 35.5. The average molecular weight is 535 g/mol. The van der Waals surface area contributed by atoms with Crippen LogP contribution in [0.15, 0.2) is 47.6 Å². The molecule has 0 aliphatic carbocycles. The molecule has 1 atom stereocenters. The summed E-state index contributed by atoms with van der Waals surface area (Å²) in [7, 11) is 0. The molecular formula is C25H29Cl2N5O2S. The number of amides is 2. The van der Waals surface area contributed by atoms with Gasteiger partial charge in [-0.15, -0.1) is 10.2 Å². The maximum Gasteiger partial charge on any atom is 0.253 e. The number of halogens is 2. The monoisotopic (exact) mass is 533 g/mol. The molecule has 0 aliphatic rings. The lowest BCUT2D eigenvalue weighted by atomic mass is 10.0. The summed E-state index contributed by atoms with van der Waals surface area (Å²) in [5, 5.41) is 16.0. The van der Waals surface area contributed by atoms with E-state index in [9.17, 15) is 9.59 Å². The van der Waals surface area contributed by atoms with Gasteiger partial charge in [-0.2, -0.15) is 0 Å². The molecule has 0 unspecified atom stereocenters. The van der Waals surface area contributed by atoms with Gasteiger partial charge in [0, 0.05) is 17.3 Å². The number of aryl methyl sites for hydroxylation is 1. The standard InChI is InChI=1S/C25H29Cl2N5O2S/c1-5-32-23(21(12-15(2)3)29-24(34)19-11-8-17(26)13-20(19)27)30-31-25(32)35-14-22(33)28-18-9-6-16(4)7-10-18/h6-11,13,15,21H,5,12,14H2,1-4H3,(H,28,33)(H,29,34)/t21-/m1/s1. The molecule has 0 spiro atoms. The molecule has 186 valence electrons. The Kier molecular flexibility index (Phi) is 9.60. The smallest absolute Gasteiger partial charge is 0.253 e. The first-order valence-electron chi connectivity index (χ1n) is 11.4. The van der Waals surface area contributed by atoms with E-state index >= 15 is 0 Å². The molecule has 1 aromatic heterocycles. The number of benzene rings is 2.